The van der Waals surface area contributed by atoms with Gasteiger partial charge in [-0.05, 0) is 63.4 Å². The Morgan fingerprint density at radius 1 is 1.03 bits per heavy atom. The van der Waals surface area contributed by atoms with Crippen LogP contribution in [0.2, 0.25) is 0 Å². The number of piperidine rings is 1. The molecule has 0 N–H and O–H groups in total. The van der Waals surface area contributed by atoms with Crippen LogP contribution < -0.4 is 5.12 Å². The van der Waals surface area contributed by atoms with Crippen LogP contribution in [0.1, 0.15) is 48.4 Å². The van der Waals surface area contributed by atoms with E-state index in [9.17, 15) is 0 Å². The molecule has 2 heterocycles. The molecule has 4 nitrogen and oxygen atoms in total. The highest BCUT2D eigenvalue weighted by Gasteiger charge is 2.25. The lowest BCUT2D eigenvalue weighted by molar-refractivity contribution is 0.212. The van der Waals surface area contributed by atoms with E-state index in [2.05, 4.69) is 33.9 Å². The average Bonchev–Trinajstić information content (AvgIpc) is 2.74. The molecule has 29 heavy (non-hydrogen) atoms. The first-order chi connectivity index (χ1) is 14.1. The summed E-state index contributed by atoms with van der Waals surface area (Å²) in [6, 6.07) is 13.6. The zero-order valence-corrected chi connectivity index (χ0v) is 17.3. The Bertz CT molecular complexity index is 968. The standard InChI is InChI=1S/C24H29FN4/c1-18-8-6-10-20(16-18)22(12-15-28-13-4-3-5-14-28)29(25)24-21-11-7-9-19(2)23(21)26-17-27-24/h6-11,16-17,22H,3-5,12-15H2,1-2H3. The smallest absolute Gasteiger partial charge is 0.169 e. The molecule has 0 amide bonds. The van der Waals surface area contributed by atoms with Crippen LogP contribution in [0.3, 0.4) is 0 Å². The first-order valence-corrected chi connectivity index (χ1v) is 10.6. The Hall–Kier alpha value is -2.53. The number of para-hydroxylation sites is 1. The number of fused-ring (bicyclic) bond motifs is 1. The maximum absolute atomic E-state index is 16.0. The van der Waals surface area contributed by atoms with Gasteiger partial charge in [-0.15, -0.1) is 0 Å². The minimum Gasteiger partial charge on any atom is -0.303 e. The Morgan fingerprint density at radius 2 is 1.83 bits per heavy atom. The molecule has 1 aliphatic heterocycles. The van der Waals surface area contributed by atoms with Gasteiger partial charge in [0.1, 0.15) is 6.33 Å². The van der Waals surface area contributed by atoms with Gasteiger partial charge in [-0.1, -0.05) is 52.9 Å². The second kappa shape index (κ2) is 8.87. The average molecular weight is 393 g/mol. The molecule has 1 atom stereocenters. The number of anilines is 1. The van der Waals surface area contributed by atoms with Gasteiger partial charge in [0, 0.05) is 11.9 Å². The van der Waals surface area contributed by atoms with E-state index >= 15 is 4.48 Å². The van der Waals surface area contributed by atoms with Gasteiger partial charge in [0.15, 0.2) is 5.82 Å². The minimum atomic E-state index is -0.379. The minimum absolute atomic E-state index is 0.351. The van der Waals surface area contributed by atoms with Crippen LogP contribution in [0.15, 0.2) is 48.8 Å². The molecule has 1 aromatic heterocycles. The van der Waals surface area contributed by atoms with Gasteiger partial charge >= 0.3 is 0 Å². The molecule has 0 radical (unpaired) electrons. The molecule has 5 heteroatoms. The number of aromatic nitrogens is 2. The lowest BCUT2D eigenvalue weighted by Gasteiger charge is -2.31. The van der Waals surface area contributed by atoms with Crippen molar-refractivity contribution in [3.8, 4) is 0 Å². The van der Waals surface area contributed by atoms with Crippen molar-refractivity contribution in [2.75, 3.05) is 24.8 Å². The number of likely N-dealkylation sites (tertiary alicyclic amines) is 1. The van der Waals surface area contributed by atoms with E-state index < -0.39 is 0 Å². The summed E-state index contributed by atoms with van der Waals surface area (Å²) in [6.07, 6.45) is 5.97. The molecule has 4 rings (SSSR count). The number of nitrogens with zero attached hydrogens (tertiary/aromatic N) is 4. The van der Waals surface area contributed by atoms with Crippen LogP contribution in [-0.4, -0.2) is 34.5 Å². The normalized spacial score (nSPS) is 16.1. The summed E-state index contributed by atoms with van der Waals surface area (Å²) < 4.78 is 16.0. The van der Waals surface area contributed by atoms with Crippen LogP contribution in [0.5, 0.6) is 0 Å². The van der Waals surface area contributed by atoms with Crippen molar-refractivity contribution in [1.29, 1.82) is 0 Å². The number of halogens is 1. The quantitative estimate of drug-likeness (QED) is 0.515. The van der Waals surface area contributed by atoms with Gasteiger partial charge < -0.3 is 4.90 Å². The Kier molecular flexibility index (Phi) is 6.05. The molecule has 152 valence electrons. The Labute approximate surface area is 172 Å². The number of hydrogen-bond acceptors (Lipinski definition) is 4. The molecule has 1 unspecified atom stereocenters. The van der Waals surface area contributed by atoms with Gasteiger partial charge in [-0.25, -0.2) is 9.97 Å². The van der Waals surface area contributed by atoms with Crippen LogP contribution in [0.25, 0.3) is 10.9 Å². The van der Waals surface area contributed by atoms with Gasteiger partial charge in [0.25, 0.3) is 0 Å². The monoisotopic (exact) mass is 392 g/mol. The van der Waals surface area contributed by atoms with Gasteiger partial charge in [-0.2, -0.15) is 5.12 Å². The van der Waals surface area contributed by atoms with Gasteiger partial charge in [0.2, 0.25) is 0 Å². The molecule has 0 spiro atoms. The van der Waals surface area contributed by atoms with Crippen LogP contribution in [-0.2, 0) is 0 Å². The van der Waals surface area contributed by atoms with Crippen LogP contribution in [0.4, 0.5) is 10.3 Å². The Morgan fingerprint density at radius 3 is 2.62 bits per heavy atom. The summed E-state index contributed by atoms with van der Waals surface area (Å²) >= 11 is 0. The molecule has 1 aliphatic rings. The highest BCUT2D eigenvalue weighted by atomic mass is 19.2. The van der Waals surface area contributed by atoms with Crippen molar-refractivity contribution >= 4 is 16.7 Å². The second-order valence-corrected chi connectivity index (χ2v) is 8.10. The fourth-order valence-corrected chi connectivity index (χ4v) is 4.32. The van der Waals surface area contributed by atoms with E-state index in [1.807, 2.05) is 37.3 Å². The highest BCUT2D eigenvalue weighted by molar-refractivity contribution is 5.91. The van der Waals surface area contributed by atoms with Crippen molar-refractivity contribution in [3.63, 3.8) is 0 Å². The molecule has 1 fully saturated rings. The zero-order valence-electron chi connectivity index (χ0n) is 17.3. The molecule has 3 aromatic rings. The molecular weight excluding hydrogens is 363 g/mol. The summed E-state index contributed by atoms with van der Waals surface area (Å²) in [5.41, 5.74) is 3.96. The summed E-state index contributed by atoms with van der Waals surface area (Å²) in [6.45, 7) is 7.17. The third kappa shape index (κ3) is 4.40. The van der Waals surface area contributed by atoms with E-state index in [1.165, 1.54) is 25.6 Å². The maximum Gasteiger partial charge on any atom is 0.169 e. The first-order valence-electron chi connectivity index (χ1n) is 10.6. The molecule has 0 bridgehead atoms. The largest absolute Gasteiger partial charge is 0.303 e. The maximum atomic E-state index is 16.0. The van der Waals surface area contributed by atoms with Crippen molar-refractivity contribution in [2.45, 2.75) is 45.6 Å². The van der Waals surface area contributed by atoms with E-state index in [0.29, 0.717) is 5.82 Å². The van der Waals surface area contributed by atoms with E-state index in [0.717, 1.165) is 58.8 Å². The summed E-state index contributed by atoms with van der Waals surface area (Å²) in [4.78, 5) is 11.2. The molecule has 0 aliphatic carbocycles. The van der Waals surface area contributed by atoms with Gasteiger partial charge in [0.05, 0.1) is 11.6 Å². The third-order valence-electron chi connectivity index (χ3n) is 5.92. The summed E-state index contributed by atoms with van der Waals surface area (Å²) in [7, 11) is 0. The molecule has 0 saturated carbocycles. The summed E-state index contributed by atoms with van der Waals surface area (Å²) in [5, 5.41) is 1.62. The van der Waals surface area contributed by atoms with Crippen molar-refractivity contribution in [3.05, 3.63) is 65.5 Å². The van der Waals surface area contributed by atoms with Crippen LogP contribution in [0, 0.1) is 13.8 Å². The van der Waals surface area contributed by atoms with Crippen molar-refractivity contribution in [2.24, 2.45) is 0 Å². The van der Waals surface area contributed by atoms with Gasteiger partial charge in [-0.3, -0.25) is 0 Å². The number of rotatable bonds is 6. The fourth-order valence-electron chi connectivity index (χ4n) is 4.32. The van der Waals surface area contributed by atoms with E-state index in [1.54, 1.807) is 0 Å². The number of aryl methyl sites for hydroxylation is 2. The Balaban J connectivity index is 1.67. The van der Waals surface area contributed by atoms with Crippen molar-refractivity contribution in [1.82, 2.24) is 14.9 Å². The molecule has 1 saturated heterocycles. The van der Waals surface area contributed by atoms with E-state index in [4.69, 9.17) is 0 Å². The SMILES string of the molecule is Cc1cccc(C(CCN2CCCCC2)N(F)c2ncnc3c(C)cccc23)c1. The van der Waals surface area contributed by atoms with Crippen molar-refractivity contribution < 1.29 is 4.48 Å². The van der Waals surface area contributed by atoms with E-state index in [-0.39, 0.29) is 6.04 Å². The number of hydrogen-bond donors (Lipinski definition) is 0. The number of benzene rings is 2. The highest BCUT2D eigenvalue weighted by Crippen LogP contribution is 2.34. The molecular formula is C24H29FN4. The second-order valence-electron chi connectivity index (χ2n) is 8.10. The zero-order chi connectivity index (χ0) is 20.2. The third-order valence-corrected chi connectivity index (χ3v) is 5.92. The van der Waals surface area contributed by atoms with Crippen LogP contribution >= 0.6 is 0 Å². The topological polar surface area (TPSA) is 32.3 Å². The summed E-state index contributed by atoms with van der Waals surface area (Å²) in [5.74, 6) is 0.351. The predicted octanol–water partition coefficient (Wildman–Crippen LogP) is 5.55. The lowest BCUT2D eigenvalue weighted by atomic mass is 10.00. The molecule has 2 aromatic carbocycles. The predicted molar refractivity (Wildman–Crippen MR) is 117 cm³/mol. The fraction of sp³-hybridized carbons (Fsp3) is 0.417. The first kappa shape index (κ1) is 19.8. The lowest BCUT2D eigenvalue weighted by Crippen LogP contribution is -2.33.